The van der Waals surface area contributed by atoms with Crippen LogP contribution in [0.15, 0.2) is 0 Å². The van der Waals surface area contributed by atoms with Gasteiger partial charge in [-0.3, -0.25) is 0 Å². The fourth-order valence-electron chi connectivity index (χ4n) is 6.63. The number of rotatable bonds is 4. The van der Waals surface area contributed by atoms with Gasteiger partial charge >= 0.3 is 0 Å². The van der Waals surface area contributed by atoms with Gasteiger partial charge in [0.1, 0.15) is 0 Å². The molecular formula is C22H41P. The van der Waals surface area contributed by atoms with Crippen LogP contribution in [0.5, 0.6) is 0 Å². The van der Waals surface area contributed by atoms with Crippen molar-refractivity contribution in [3.05, 3.63) is 0 Å². The lowest BCUT2D eigenvalue weighted by Gasteiger charge is -2.52. The van der Waals surface area contributed by atoms with Crippen LogP contribution in [0.2, 0.25) is 0 Å². The van der Waals surface area contributed by atoms with E-state index in [-0.39, 0.29) is 0 Å². The Bertz CT molecular complexity index is 351. The van der Waals surface area contributed by atoms with E-state index in [1.165, 1.54) is 25.7 Å². The summed E-state index contributed by atoms with van der Waals surface area (Å²) in [6, 6.07) is 0. The van der Waals surface area contributed by atoms with E-state index in [0.717, 1.165) is 17.0 Å². The van der Waals surface area contributed by atoms with E-state index in [4.69, 9.17) is 0 Å². The van der Waals surface area contributed by atoms with Gasteiger partial charge in [-0.2, -0.15) is 0 Å². The first-order valence-electron chi connectivity index (χ1n) is 11.0. The van der Waals surface area contributed by atoms with Crippen LogP contribution in [0, 0.1) is 0 Å². The van der Waals surface area contributed by atoms with Gasteiger partial charge in [0.15, 0.2) is 0 Å². The molecule has 3 rings (SSSR count). The molecule has 0 nitrogen and oxygen atoms in total. The Morgan fingerprint density at radius 3 is 1.17 bits per heavy atom. The van der Waals surface area contributed by atoms with Crippen LogP contribution in [-0.4, -0.2) is 22.3 Å². The molecule has 0 aromatic heterocycles. The summed E-state index contributed by atoms with van der Waals surface area (Å²) >= 11 is 0. The first-order valence-corrected chi connectivity index (χ1v) is 13.0. The minimum atomic E-state index is -0.897. The lowest BCUT2D eigenvalue weighted by atomic mass is 9.99. The van der Waals surface area contributed by atoms with Crippen molar-refractivity contribution in [3.8, 4) is 0 Å². The minimum Gasteiger partial charge on any atom is -0.0971 e. The molecular weight excluding hydrogens is 295 g/mol. The Morgan fingerprint density at radius 1 is 0.609 bits per heavy atom. The van der Waals surface area contributed by atoms with Crippen molar-refractivity contribution in [2.45, 2.75) is 134 Å². The van der Waals surface area contributed by atoms with Crippen LogP contribution < -0.4 is 0 Å². The average molecular weight is 337 g/mol. The lowest BCUT2D eigenvalue weighted by molar-refractivity contribution is 0.458. The standard InChI is InChI=1S/C22H41P/c1-3-19(2)23(20-13-7-4-8-14-20,21-15-9-5-10-16-21)22-17-11-6-12-18-22/h20-22H,3-18H2,1-2H3. The van der Waals surface area contributed by atoms with E-state index >= 15 is 0 Å². The summed E-state index contributed by atoms with van der Waals surface area (Å²) in [5.41, 5.74) is 3.42. The maximum absolute atomic E-state index is 2.63. The van der Waals surface area contributed by atoms with Crippen LogP contribution in [0.1, 0.15) is 117 Å². The van der Waals surface area contributed by atoms with Gasteiger partial charge in [0.2, 0.25) is 0 Å². The van der Waals surface area contributed by atoms with Crippen molar-refractivity contribution in [3.63, 3.8) is 0 Å². The molecule has 0 bridgehead atoms. The summed E-state index contributed by atoms with van der Waals surface area (Å²) in [5, 5.41) is 2.03. The Morgan fingerprint density at radius 2 is 0.913 bits per heavy atom. The summed E-state index contributed by atoms with van der Waals surface area (Å²) in [6.07, 6.45) is 24.8. The molecule has 0 aromatic carbocycles. The summed E-state index contributed by atoms with van der Waals surface area (Å²) < 4.78 is 0. The maximum Gasteiger partial charge on any atom is -0.0206 e. The molecule has 0 N–H and O–H groups in total. The van der Waals surface area contributed by atoms with E-state index in [1.807, 2.05) is 5.29 Å². The van der Waals surface area contributed by atoms with Crippen molar-refractivity contribution in [1.29, 1.82) is 0 Å². The van der Waals surface area contributed by atoms with Gasteiger partial charge < -0.3 is 0 Å². The van der Waals surface area contributed by atoms with Crippen LogP contribution in [-0.2, 0) is 0 Å². The first-order chi connectivity index (χ1) is 11.3. The summed E-state index contributed by atoms with van der Waals surface area (Å²) in [4.78, 5) is 0. The Labute approximate surface area is 146 Å². The molecule has 1 heteroatoms. The fraction of sp³-hybridized carbons (Fsp3) is 0.955. The molecule has 0 aliphatic heterocycles. The third-order valence-corrected chi connectivity index (χ3v) is 14.5. The molecule has 3 aliphatic rings. The maximum atomic E-state index is 2.63. The zero-order valence-electron chi connectivity index (χ0n) is 16.0. The Hall–Kier alpha value is 0.300. The third-order valence-electron chi connectivity index (χ3n) is 7.71. The number of hydrogen-bond acceptors (Lipinski definition) is 0. The molecule has 3 fully saturated rings. The predicted molar refractivity (Wildman–Crippen MR) is 109 cm³/mol. The first kappa shape index (κ1) is 18.1. The molecule has 134 valence electrons. The van der Waals surface area contributed by atoms with E-state index in [1.54, 1.807) is 77.0 Å². The Kier molecular flexibility index (Phi) is 6.77. The summed E-state index contributed by atoms with van der Waals surface area (Å²) in [7, 11) is 0. The highest BCUT2D eigenvalue weighted by atomic mass is 31.2. The second kappa shape index (κ2) is 8.60. The highest BCUT2D eigenvalue weighted by Crippen LogP contribution is 2.70. The van der Waals surface area contributed by atoms with Crippen molar-refractivity contribution in [2.75, 3.05) is 0 Å². The molecule has 0 atom stereocenters. The van der Waals surface area contributed by atoms with Gasteiger partial charge in [-0.25, -0.2) is 0 Å². The van der Waals surface area contributed by atoms with E-state index in [2.05, 4.69) is 13.8 Å². The highest BCUT2D eigenvalue weighted by molar-refractivity contribution is 7.78. The molecule has 0 heterocycles. The second-order valence-corrected chi connectivity index (χ2v) is 13.4. The molecule has 0 spiro atoms. The highest BCUT2D eigenvalue weighted by Gasteiger charge is 2.43. The quantitative estimate of drug-likeness (QED) is 0.463. The van der Waals surface area contributed by atoms with Crippen molar-refractivity contribution < 1.29 is 0 Å². The Balaban J connectivity index is 2.03. The van der Waals surface area contributed by atoms with Gasteiger partial charge in [0.25, 0.3) is 0 Å². The van der Waals surface area contributed by atoms with E-state index in [9.17, 15) is 0 Å². The summed E-state index contributed by atoms with van der Waals surface area (Å²) in [5.74, 6) is 0. The van der Waals surface area contributed by atoms with Crippen LogP contribution in [0.4, 0.5) is 0 Å². The molecule has 0 aromatic rings. The van der Waals surface area contributed by atoms with Crippen LogP contribution in [0.3, 0.4) is 0 Å². The van der Waals surface area contributed by atoms with Gasteiger partial charge in [0, 0.05) is 0 Å². The predicted octanol–water partition coefficient (Wildman–Crippen LogP) is 7.60. The molecule has 0 unspecified atom stereocenters. The summed E-state index contributed by atoms with van der Waals surface area (Å²) in [6.45, 7) is 4.22. The zero-order valence-corrected chi connectivity index (χ0v) is 16.9. The topological polar surface area (TPSA) is 0 Å². The minimum absolute atomic E-state index is 0.897. The molecule has 3 aliphatic carbocycles. The van der Waals surface area contributed by atoms with Gasteiger partial charge in [-0.05, 0) is 68.8 Å². The largest absolute Gasteiger partial charge is 0.0971 e. The molecule has 23 heavy (non-hydrogen) atoms. The van der Waals surface area contributed by atoms with Gasteiger partial charge in [0.05, 0.1) is 0 Å². The normalized spacial score (nSPS) is 26.3. The van der Waals surface area contributed by atoms with E-state index < -0.39 is 6.89 Å². The monoisotopic (exact) mass is 336 g/mol. The van der Waals surface area contributed by atoms with Gasteiger partial charge in [-0.1, -0.05) is 76.9 Å². The van der Waals surface area contributed by atoms with Crippen molar-refractivity contribution in [1.82, 2.24) is 0 Å². The van der Waals surface area contributed by atoms with Crippen molar-refractivity contribution in [2.24, 2.45) is 0 Å². The molecule has 0 radical (unpaired) electrons. The molecule has 3 saturated carbocycles. The fourth-order valence-corrected chi connectivity index (χ4v) is 14.5. The lowest BCUT2D eigenvalue weighted by Crippen LogP contribution is -2.34. The molecule has 0 amide bonds. The SMILES string of the molecule is CCC(C)=P(C1CCCCC1)(C1CCCCC1)C1CCCCC1. The third kappa shape index (κ3) is 3.63. The second-order valence-electron chi connectivity index (χ2n) is 8.80. The van der Waals surface area contributed by atoms with E-state index in [0.29, 0.717) is 0 Å². The average Bonchev–Trinajstić information content (AvgIpc) is 2.65. The zero-order chi connectivity index (χ0) is 16.1. The smallest absolute Gasteiger partial charge is 0.0206 e. The van der Waals surface area contributed by atoms with Crippen LogP contribution in [0.25, 0.3) is 0 Å². The van der Waals surface area contributed by atoms with Crippen molar-refractivity contribution >= 4 is 12.2 Å². The van der Waals surface area contributed by atoms with Gasteiger partial charge in [-0.15, -0.1) is 0 Å². The number of hydrogen-bond donors (Lipinski definition) is 0. The van der Waals surface area contributed by atoms with Crippen LogP contribution >= 0.6 is 6.89 Å². The molecule has 0 saturated heterocycles.